The van der Waals surface area contributed by atoms with Crippen LogP contribution in [0.2, 0.25) is 0 Å². The number of Topliss-reactive ketones (excluding diaryl/α,β-unsaturated/α-hetero) is 1. The molecule has 0 bridgehead atoms. The van der Waals surface area contributed by atoms with Crippen LogP contribution >= 0.6 is 31.9 Å². The van der Waals surface area contributed by atoms with Crippen molar-refractivity contribution in [3.05, 3.63) is 73.2 Å². The number of rotatable bonds is 4. The third kappa shape index (κ3) is 4.28. The fourth-order valence-corrected chi connectivity index (χ4v) is 3.71. The van der Waals surface area contributed by atoms with E-state index in [1.807, 2.05) is 0 Å². The van der Waals surface area contributed by atoms with Crippen LogP contribution in [0.15, 0.2) is 60.9 Å². The number of amides is 1. The molecule has 26 heavy (non-hydrogen) atoms. The predicted molar refractivity (Wildman–Crippen MR) is 97.4 cm³/mol. The first-order valence-electron chi connectivity index (χ1n) is 7.10. The summed E-state index contributed by atoms with van der Waals surface area (Å²) in [7, 11) is 0. The van der Waals surface area contributed by atoms with Gasteiger partial charge in [-0.25, -0.2) is 4.79 Å². The van der Waals surface area contributed by atoms with Crippen molar-refractivity contribution in [3.8, 4) is 0 Å². The van der Waals surface area contributed by atoms with Gasteiger partial charge in [0.1, 0.15) is 11.1 Å². The fourth-order valence-electron chi connectivity index (χ4n) is 2.37. The van der Waals surface area contributed by atoms with Gasteiger partial charge in [-0.05, 0) is 40.2 Å². The van der Waals surface area contributed by atoms with Gasteiger partial charge in [-0.1, -0.05) is 15.9 Å². The molecule has 134 valence electrons. The van der Waals surface area contributed by atoms with E-state index >= 15 is 0 Å². The fraction of sp³-hybridized carbons (Fsp3) is 0.0588. The van der Waals surface area contributed by atoms with Crippen molar-refractivity contribution >= 4 is 54.5 Å². The van der Waals surface area contributed by atoms with E-state index in [4.69, 9.17) is 10.2 Å². The first kappa shape index (κ1) is 20.5. The number of halogens is 3. The van der Waals surface area contributed by atoms with Crippen LogP contribution < -0.4 is 32.9 Å². The molecule has 2 heterocycles. The Bertz CT molecular complexity index is 1080. The number of ketones is 1. The molecule has 0 spiro atoms. The Kier molecular flexibility index (Phi) is 6.48. The van der Waals surface area contributed by atoms with Crippen molar-refractivity contribution in [1.29, 1.82) is 0 Å². The lowest BCUT2D eigenvalue weighted by atomic mass is 10.1. The third-order valence-corrected chi connectivity index (χ3v) is 4.57. The second-order valence-corrected chi connectivity index (χ2v) is 7.08. The number of hydrogen-bond donors (Lipinski definition) is 1. The largest absolute Gasteiger partial charge is 1.00 e. The van der Waals surface area contributed by atoms with E-state index in [-0.39, 0.29) is 34.7 Å². The Labute approximate surface area is 175 Å². The molecule has 0 fully saturated rings. The van der Waals surface area contributed by atoms with Crippen molar-refractivity contribution in [2.24, 2.45) is 5.73 Å². The minimum Gasteiger partial charge on any atom is -1.00 e. The van der Waals surface area contributed by atoms with Gasteiger partial charge < -0.3 is 27.1 Å². The van der Waals surface area contributed by atoms with Crippen molar-refractivity contribution < 1.29 is 35.6 Å². The zero-order chi connectivity index (χ0) is 18.1. The van der Waals surface area contributed by atoms with Crippen molar-refractivity contribution in [1.82, 2.24) is 0 Å². The molecule has 0 aliphatic carbocycles. The molecule has 0 saturated carbocycles. The number of carbonyl (C=O) groups is 2. The van der Waals surface area contributed by atoms with E-state index < -0.39 is 17.3 Å². The molecule has 2 aromatic heterocycles. The molecule has 0 unspecified atom stereocenters. The molecule has 3 rings (SSSR count). The molecule has 0 atom stereocenters. The molecular formula is C17H11Br3N2O4. The highest BCUT2D eigenvalue weighted by atomic mass is 79.9. The summed E-state index contributed by atoms with van der Waals surface area (Å²) in [6.07, 6.45) is 3.07. The summed E-state index contributed by atoms with van der Waals surface area (Å²) < 4.78 is 8.15. The number of carbonyl (C=O) groups excluding carboxylic acids is 2. The zero-order valence-electron chi connectivity index (χ0n) is 13.0. The summed E-state index contributed by atoms with van der Waals surface area (Å²) >= 11 is 6.68. The highest BCUT2D eigenvalue weighted by molar-refractivity contribution is 9.11. The molecule has 0 aliphatic rings. The lowest BCUT2D eigenvalue weighted by Gasteiger charge is -2.03. The number of nitrogens with two attached hydrogens (primary N) is 1. The lowest BCUT2D eigenvalue weighted by Crippen LogP contribution is -3.00. The second-order valence-electron chi connectivity index (χ2n) is 5.31. The van der Waals surface area contributed by atoms with Gasteiger partial charge >= 0.3 is 5.63 Å². The average Bonchev–Trinajstić information content (AvgIpc) is 2.55. The number of aromatic nitrogens is 1. The van der Waals surface area contributed by atoms with Gasteiger partial charge in [0.05, 0.1) is 4.47 Å². The van der Waals surface area contributed by atoms with E-state index in [0.717, 1.165) is 4.47 Å². The van der Waals surface area contributed by atoms with E-state index in [2.05, 4.69) is 31.9 Å². The summed E-state index contributed by atoms with van der Waals surface area (Å²) in [5.41, 5.74) is 5.09. The summed E-state index contributed by atoms with van der Waals surface area (Å²) in [5, 5.41) is 0.611. The van der Waals surface area contributed by atoms with Crippen LogP contribution in [0.25, 0.3) is 11.0 Å². The number of primary amides is 1. The van der Waals surface area contributed by atoms with Crippen molar-refractivity contribution in [2.45, 2.75) is 6.54 Å². The molecule has 6 nitrogen and oxygen atoms in total. The summed E-state index contributed by atoms with van der Waals surface area (Å²) in [6.45, 7) is -0.118. The molecule has 0 aliphatic heterocycles. The Morgan fingerprint density at radius 2 is 1.92 bits per heavy atom. The maximum atomic E-state index is 12.5. The van der Waals surface area contributed by atoms with E-state index in [1.165, 1.54) is 16.8 Å². The summed E-state index contributed by atoms with van der Waals surface area (Å²) in [4.78, 5) is 35.9. The van der Waals surface area contributed by atoms with Crippen molar-refractivity contribution in [3.63, 3.8) is 0 Å². The molecule has 9 heteroatoms. The van der Waals surface area contributed by atoms with Crippen LogP contribution in [0.1, 0.15) is 20.7 Å². The Balaban J connectivity index is 0.00000243. The van der Waals surface area contributed by atoms with E-state index in [0.29, 0.717) is 15.4 Å². The number of hydrogen-bond acceptors (Lipinski definition) is 4. The van der Waals surface area contributed by atoms with Crippen LogP contribution in [0, 0.1) is 0 Å². The lowest BCUT2D eigenvalue weighted by molar-refractivity contribution is -0.683. The Morgan fingerprint density at radius 3 is 2.62 bits per heavy atom. The molecular weight excluding hydrogens is 536 g/mol. The highest BCUT2D eigenvalue weighted by Gasteiger charge is 2.19. The van der Waals surface area contributed by atoms with Crippen LogP contribution in [0.5, 0.6) is 0 Å². The first-order chi connectivity index (χ1) is 11.8. The molecule has 1 aromatic carbocycles. The molecule has 2 N–H and O–H groups in total. The molecule has 0 saturated heterocycles. The average molecular weight is 547 g/mol. The number of fused-ring (bicyclic) bond motifs is 1. The van der Waals surface area contributed by atoms with Gasteiger partial charge in [0, 0.05) is 15.9 Å². The summed E-state index contributed by atoms with van der Waals surface area (Å²) in [6, 6.07) is 8.14. The van der Waals surface area contributed by atoms with Crippen molar-refractivity contribution in [2.75, 3.05) is 0 Å². The summed E-state index contributed by atoms with van der Waals surface area (Å²) in [5.74, 6) is -1.03. The number of nitrogens with zero attached hydrogens (tertiary/aromatic N) is 1. The van der Waals surface area contributed by atoms with Crippen LogP contribution in [-0.2, 0) is 6.54 Å². The maximum absolute atomic E-state index is 12.5. The topological polar surface area (TPSA) is 94.2 Å². The quantitative estimate of drug-likeness (QED) is 0.274. The van der Waals surface area contributed by atoms with E-state index in [1.54, 1.807) is 30.5 Å². The zero-order valence-corrected chi connectivity index (χ0v) is 17.8. The highest BCUT2D eigenvalue weighted by Crippen LogP contribution is 2.28. The van der Waals surface area contributed by atoms with Gasteiger partial charge in [-0.3, -0.25) is 9.59 Å². The third-order valence-electron chi connectivity index (χ3n) is 3.52. The van der Waals surface area contributed by atoms with Crippen LogP contribution in [0.3, 0.4) is 0 Å². The molecule has 0 radical (unpaired) electrons. The second kappa shape index (κ2) is 8.24. The number of benzene rings is 1. The van der Waals surface area contributed by atoms with Gasteiger partial charge in [-0.2, -0.15) is 4.57 Å². The van der Waals surface area contributed by atoms with E-state index in [9.17, 15) is 14.4 Å². The standard InChI is InChI=1S/C17H10Br2N2O4.BrH/c18-11-4-10-5-12(17(24)25-15(10)13(19)6-11)14(22)8-21-3-1-2-9(7-21)16(20)23;/h1-7H,8H2,(H-,20,23);1H. The number of pyridine rings is 1. The monoisotopic (exact) mass is 544 g/mol. The smallest absolute Gasteiger partial charge is 0.347 e. The minimum absolute atomic E-state index is 0. The normalized spacial score (nSPS) is 10.4. The van der Waals surface area contributed by atoms with Gasteiger partial charge in [-0.15, -0.1) is 0 Å². The van der Waals surface area contributed by atoms with Gasteiger partial charge in [0.25, 0.3) is 5.91 Å². The Hall–Kier alpha value is -1.84. The SMILES string of the molecule is NC(=O)c1ccc[n+](CC(=O)c2cc3cc(Br)cc(Br)c3oc2=O)c1.[Br-]. The Morgan fingerprint density at radius 1 is 1.19 bits per heavy atom. The first-order valence-corrected chi connectivity index (χ1v) is 8.69. The molecule has 3 aromatic rings. The maximum Gasteiger partial charge on any atom is 0.347 e. The van der Waals surface area contributed by atoms with Crippen LogP contribution in [0.4, 0.5) is 0 Å². The molecule has 1 amide bonds. The predicted octanol–water partition coefficient (Wildman–Crippen LogP) is -0.409. The van der Waals surface area contributed by atoms with Gasteiger partial charge in [0.15, 0.2) is 18.0 Å². The minimum atomic E-state index is -0.716. The van der Waals surface area contributed by atoms with Gasteiger partial charge in [0.2, 0.25) is 12.3 Å². The van der Waals surface area contributed by atoms with Crippen LogP contribution in [-0.4, -0.2) is 11.7 Å².